The second-order valence-electron chi connectivity index (χ2n) is 7.06. The van der Waals surface area contributed by atoms with Crippen molar-refractivity contribution in [2.24, 2.45) is 5.10 Å². The van der Waals surface area contributed by atoms with Gasteiger partial charge in [0.1, 0.15) is 12.4 Å². The molecule has 0 radical (unpaired) electrons. The van der Waals surface area contributed by atoms with Gasteiger partial charge in [-0.25, -0.2) is 4.98 Å². The van der Waals surface area contributed by atoms with Crippen LogP contribution in [0.25, 0.3) is 16.6 Å². The van der Waals surface area contributed by atoms with E-state index >= 15 is 0 Å². The number of fused-ring (bicyclic) bond motifs is 1. The summed E-state index contributed by atoms with van der Waals surface area (Å²) in [5, 5.41) is 8.02. The van der Waals surface area contributed by atoms with E-state index < -0.39 is 0 Å². The molecular weight excluding hydrogens is 426 g/mol. The molecule has 4 rings (SSSR count). The molecule has 0 spiro atoms. The monoisotopic (exact) mass is 445 g/mol. The Labute approximate surface area is 189 Å². The van der Waals surface area contributed by atoms with Gasteiger partial charge in [-0.05, 0) is 61.0 Å². The Hall–Kier alpha value is -3.97. The average molecular weight is 446 g/mol. The van der Waals surface area contributed by atoms with Crippen LogP contribution >= 0.6 is 11.6 Å². The lowest BCUT2D eigenvalue weighted by Gasteiger charge is -2.12. The first kappa shape index (κ1) is 21.3. The Morgan fingerprint density at radius 1 is 1.06 bits per heavy atom. The quantitative estimate of drug-likeness (QED) is 0.348. The van der Waals surface area contributed by atoms with Crippen molar-refractivity contribution in [2.75, 3.05) is 11.9 Å². The summed E-state index contributed by atoms with van der Waals surface area (Å²) >= 11 is 5.84. The third-order valence-electron chi connectivity index (χ3n) is 4.77. The lowest BCUT2D eigenvalue weighted by molar-refractivity contribution is -0.115. The number of aryl methyl sites for hydroxylation is 1. The molecule has 0 saturated carbocycles. The summed E-state index contributed by atoms with van der Waals surface area (Å²) in [6, 6.07) is 21.5. The van der Waals surface area contributed by atoms with E-state index in [0.29, 0.717) is 33.1 Å². The number of hydrazone groups is 1. The van der Waals surface area contributed by atoms with Crippen LogP contribution in [0.2, 0.25) is 5.02 Å². The number of hydrogen-bond acceptors (Lipinski definition) is 5. The highest BCUT2D eigenvalue weighted by Crippen LogP contribution is 2.15. The van der Waals surface area contributed by atoms with Crippen molar-refractivity contribution >= 4 is 40.3 Å². The van der Waals surface area contributed by atoms with Crippen LogP contribution in [0.4, 0.5) is 5.69 Å². The maximum atomic E-state index is 12.9. The minimum atomic E-state index is -0.244. The summed E-state index contributed by atoms with van der Waals surface area (Å²) in [7, 11) is 0. The number of hydrogen-bond donors (Lipinski definition) is 2. The highest BCUT2D eigenvalue weighted by Gasteiger charge is 2.10. The van der Waals surface area contributed by atoms with E-state index in [1.165, 1.54) is 0 Å². The van der Waals surface area contributed by atoms with Gasteiger partial charge >= 0.3 is 0 Å². The maximum absolute atomic E-state index is 12.9. The molecule has 0 unspecified atom stereocenters. The van der Waals surface area contributed by atoms with Gasteiger partial charge in [-0.1, -0.05) is 35.9 Å². The van der Waals surface area contributed by atoms with E-state index in [1.807, 2.05) is 30.3 Å². The van der Waals surface area contributed by atoms with Crippen LogP contribution in [0.5, 0.6) is 0 Å². The van der Waals surface area contributed by atoms with E-state index in [9.17, 15) is 9.59 Å². The molecule has 8 heteroatoms. The zero-order valence-electron chi connectivity index (χ0n) is 17.2. The van der Waals surface area contributed by atoms with E-state index in [-0.39, 0.29) is 18.0 Å². The summed E-state index contributed by atoms with van der Waals surface area (Å²) in [5.41, 5.74) is 5.40. The molecule has 0 aliphatic heterocycles. The molecule has 0 bridgehead atoms. The van der Waals surface area contributed by atoms with Gasteiger partial charge < -0.3 is 10.7 Å². The van der Waals surface area contributed by atoms with E-state index in [2.05, 4.69) is 20.8 Å². The number of aromatic nitrogens is 2. The highest BCUT2D eigenvalue weighted by molar-refractivity contribution is 6.30. The van der Waals surface area contributed by atoms with Crippen LogP contribution in [-0.4, -0.2) is 28.2 Å². The van der Waals surface area contributed by atoms with Crippen LogP contribution in [-0.2, 0) is 4.79 Å². The molecule has 3 aromatic carbocycles. The fraction of sp³-hybridized carbons (Fsp3) is 0.0833. The Morgan fingerprint density at radius 2 is 1.78 bits per heavy atom. The Balaban J connectivity index is 1.40. The first-order valence-electron chi connectivity index (χ1n) is 9.91. The maximum Gasteiger partial charge on any atom is 0.265 e. The lowest BCUT2D eigenvalue weighted by atomic mass is 10.2. The predicted octanol–water partition coefficient (Wildman–Crippen LogP) is 3.91. The fourth-order valence-corrected chi connectivity index (χ4v) is 3.36. The van der Waals surface area contributed by atoms with Crippen molar-refractivity contribution in [2.45, 2.75) is 6.92 Å². The molecule has 7 nitrogen and oxygen atoms in total. The van der Waals surface area contributed by atoms with Gasteiger partial charge in [0.05, 0.1) is 22.8 Å². The largest absolute Gasteiger partial charge is 0.325 e. The molecule has 1 amide bonds. The lowest BCUT2D eigenvalue weighted by Crippen LogP contribution is -2.25. The van der Waals surface area contributed by atoms with Crippen LogP contribution in [0.15, 0.2) is 82.7 Å². The normalized spacial score (nSPS) is 11.1. The first-order chi connectivity index (χ1) is 15.5. The van der Waals surface area contributed by atoms with Crippen LogP contribution in [0, 0.1) is 6.92 Å². The SMILES string of the molecule is Cc1nc2ccccc2c(=O)n1-c1ccc(NC(=O)CN/N=C/c2ccc(Cl)cc2)cc1. The van der Waals surface area contributed by atoms with Gasteiger partial charge in [0, 0.05) is 10.7 Å². The number of rotatable bonds is 6. The Morgan fingerprint density at radius 3 is 2.53 bits per heavy atom. The molecule has 0 aliphatic rings. The number of para-hydroxylation sites is 1. The van der Waals surface area contributed by atoms with Crippen molar-refractivity contribution in [1.82, 2.24) is 15.0 Å². The van der Waals surface area contributed by atoms with Crippen molar-refractivity contribution < 1.29 is 4.79 Å². The van der Waals surface area contributed by atoms with Crippen LogP contribution in [0.1, 0.15) is 11.4 Å². The molecule has 0 fully saturated rings. The topological polar surface area (TPSA) is 88.4 Å². The average Bonchev–Trinajstić information content (AvgIpc) is 2.79. The Bertz CT molecular complexity index is 1350. The second-order valence-corrected chi connectivity index (χ2v) is 7.49. The summed E-state index contributed by atoms with van der Waals surface area (Å²) in [5.74, 6) is 0.347. The number of nitrogens with one attached hydrogen (secondary N) is 2. The van der Waals surface area contributed by atoms with E-state index in [4.69, 9.17) is 11.6 Å². The molecule has 1 aromatic heterocycles. The molecule has 0 aliphatic carbocycles. The molecule has 4 aromatic rings. The van der Waals surface area contributed by atoms with Gasteiger partial charge in [-0.2, -0.15) is 5.10 Å². The van der Waals surface area contributed by atoms with Gasteiger partial charge in [0.15, 0.2) is 0 Å². The zero-order chi connectivity index (χ0) is 22.5. The molecule has 2 N–H and O–H groups in total. The first-order valence-corrected chi connectivity index (χ1v) is 10.3. The summed E-state index contributed by atoms with van der Waals surface area (Å²) < 4.78 is 1.56. The molecular formula is C24H20ClN5O2. The third kappa shape index (κ3) is 4.84. The molecule has 32 heavy (non-hydrogen) atoms. The van der Waals surface area contributed by atoms with Crippen LogP contribution < -0.4 is 16.3 Å². The highest BCUT2D eigenvalue weighted by atomic mass is 35.5. The summed E-state index contributed by atoms with van der Waals surface area (Å²) in [4.78, 5) is 29.6. The number of benzene rings is 3. The predicted molar refractivity (Wildman–Crippen MR) is 128 cm³/mol. The number of anilines is 1. The number of carbonyl (C=O) groups excluding carboxylic acids is 1. The second kappa shape index (κ2) is 9.45. The molecule has 0 atom stereocenters. The Kier molecular flexibility index (Phi) is 6.28. The van der Waals surface area contributed by atoms with E-state index in [1.54, 1.807) is 60.2 Å². The standard InChI is InChI=1S/C24H20ClN5O2/c1-16-28-22-5-3-2-4-21(22)24(32)30(16)20-12-10-19(11-13-20)29-23(31)15-27-26-14-17-6-8-18(25)9-7-17/h2-14,27H,15H2,1H3,(H,29,31)/b26-14+. The van der Waals surface area contributed by atoms with Gasteiger partial charge in [-0.3, -0.25) is 14.2 Å². The summed E-state index contributed by atoms with van der Waals surface area (Å²) in [6.45, 7) is 1.80. The minimum Gasteiger partial charge on any atom is -0.325 e. The van der Waals surface area contributed by atoms with Gasteiger partial charge in [0.25, 0.3) is 5.56 Å². The fourth-order valence-electron chi connectivity index (χ4n) is 3.23. The molecule has 1 heterocycles. The number of carbonyl (C=O) groups is 1. The zero-order valence-corrected chi connectivity index (χ0v) is 18.0. The minimum absolute atomic E-state index is 0.0129. The number of amides is 1. The van der Waals surface area contributed by atoms with Gasteiger partial charge in [-0.15, -0.1) is 0 Å². The smallest absolute Gasteiger partial charge is 0.265 e. The third-order valence-corrected chi connectivity index (χ3v) is 5.02. The number of halogens is 1. The number of nitrogens with zero attached hydrogens (tertiary/aromatic N) is 3. The van der Waals surface area contributed by atoms with Gasteiger partial charge in [0.2, 0.25) is 5.91 Å². The van der Waals surface area contributed by atoms with Crippen molar-refractivity contribution in [3.63, 3.8) is 0 Å². The van der Waals surface area contributed by atoms with Crippen molar-refractivity contribution in [3.05, 3.63) is 99.6 Å². The van der Waals surface area contributed by atoms with Crippen molar-refractivity contribution in [3.8, 4) is 5.69 Å². The van der Waals surface area contributed by atoms with E-state index in [0.717, 1.165) is 5.56 Å². The summed E-state index contributed by atoms with van der Waals surface area (Å²) in [6.07, 6.45) is 1.61. The molecule has 160 valence electrons. The van der Waals surface area contributed by atoms with Crippen LogP contribution in [0.3, 0.4) is 0 Å². The van der Waals surface area contributed by atoms with Crippen molar-refractivity contribution in [1.29, 1.82) is 0 Å². The molecule has 0 saturated heterocycles.